The number of pyridine rings is 1. The number of aromatic nitrogens is 5. The van der Waals surface area contributed by atoms with Crippen molar-refractivity contribution in [1.82, 2.24) is 24.9 Å². The van der Waals surface area contributed by atoms with Crippen LogP contribution in [-0.4, -0.2) is 39.2 Å². The molecule has 0 radical (unpaired) electrons. The molecule has 1 amide bonds. The third kappa shape index (κ3) is 4.83. The summed E-state index contributed by atoms with van der Waals surface area (Å²) < 4.78 is 74.8. The lowest BCUT2D eigenvalue weighted by Crippen LogP contribution is -2.19. The van der Waals surface area contributed by atoms with Crippen molar-refractivity contribution in [2.45, 2.75) is 18.0 Å². The molecule has 4 aromatic rings. The van der Waals surface area contributed by atoms with Crippen LogP contribution in [0, 0.1) is 10.5 Å². The minimum atomic E-state index is -4.75. The number of nitrogens with two attached hydrogens (primary N) is 1. The molecular formula is C19H13F3IN7O4S. The van der Waals surface area contributed by atoms with Gasteiger partial charge in [-0.05, 0) is 53.3 Å². The summed E-state index contributed by atoms with van der Waals surface area (Å²) in [5.74, 6) is -1.36. The maximum Gasteiger partial charge on any atom is 0.416 e. The molecule has 11 nitrogen and oxygen atoms in total. The summed E-state index contributed by atoms with van der Waals surface area (Å²) >= 11 is 1.87. The molecule has 0 bridgehead atoms. The number of nitrogens with zero attached hydrogens (tertiary/aromatic N) is 5. The highest BCUT2D eigenvalue weighted by molar-refractivity contribution is 14.1. The number of anilines is 1. The number of carbonyl (C=O) groups excluding carboxylic acids is 1. The smallest absolute Gasteiger partial charge is 0.363 e. The molecule has 0 spiro atoms. The van der Waals surface area contributed by atoms with Crippen molar-refractivity contribution < 1.29 is 30.9 Å². The number of carbonyl (C=O) groups is 1. The number of hydrogen-bond acceptors (Lipinski definition) is 8. The van der Waals surface area contributed by atoms with Gasteiger partial charge < -0.3 is 10.3 Å². The zero-order chi connectivity index (χ0) is 25.5. The van der Waals surface area contributed by atoms with Crippen molar-refractivity contribution in [2.24, 2.45) is 5.73 Å². The van der Waals surface area contributed by atoms with Gasteiger partial charge in [0.05, 0.1) is 16.1 Å². The maximum absolute atomic E-state index is 13.3. The van der Waals surface area contributed by atoms with Crippen LogP contribution in [0.2, 0.25) is 0 Å². The fraction of sp³-hybridized carbons (Fsp3) is 0.105. The Balaban J connectivity index is 1.85. The van der Waals surface area contributed by atoms with Gasteiger partial charge in [-0.3, -0.25) is 9.52 Å². The average molecular weight is 619 g/mol. The quantitative estimate of drug-likeness (QED) is 0.312. The minimum Gasteiger partial charge on any atom is -0.363 e. The van der Waals surface area contributed by atoms with E-state index < -0.39 is 32.6 Å². The first-order valence-corrected chi connectivity index (χ1v) is 12.0. The molecule has 16 heteroatoms. The van der Waals surface area contributed by atoms with Gasteiger partial charge in [0.25, 0.3) is 15.9 Å². The summed E-state index contributed by atoms with van der Waals surface area (Å²) in [4.78, 5) is 15.4. The number of alkyl halides is 3. The first kappa shape index (κ1) is 24.6. The van der Waals surface area contributed by atoms with Crippen LogP contribution in [0.3, 0.4) is 0 Å². The SMILES string of the molecule is Cc1ccc(S(=O)(=O)Nc2cc(I)cnc2-c2nnc(C(N)=O)n2-c2ccon2)cc1C(F)(F)F. The summed E-state index contributed by atoms with van der Waals surface area (Å²) in [5, 5.41) is 11.3. The van der Waals surface area contributed by atoms with Crippen LogP contribution >= 0.6 is 22.6 Å². The highest BCUT2D eigenvalue weighted by atomic mass is 127. The maximum atomic E-state index is 13.3. The van der Waals surface area contributed by atoms with Crippen LogP contribution < -0.4 is 10.5 Å². The highest BCUT2D eigenvalue weighted by Crippen LogP contribution is 2.34. The van der Waals surface area contributed by atoms with E-state index in [1.165, 1.54) is 31.5 Å². The molecule has 0 saturated carbocycles. The number of benzene rings is 1. The first-order chi connectivity index (χ1) is 16.4. The molecule has 0 aliphatic rings. The number of nitrogens with one attached hydrogen (secondary N) is 1. The molecule has 0 atom stereocenters. The van der Waals surface area contributed by atoms with E-state index in [-0.39, 0.29) is 34.4 Å². The Kier molecular flexibility index (Phi) is 6.26. The molecule has 0 saturated heterocycles. The van der Waals surface area contributed by atoms with Crippen molar-refractivity contribution in [3.63, 3.8) is 0 Å². The van der Waals surface area contributed by atoms with Gasteiger partial charge in [-0.15, -0.1) is 10.2 Å². The zero-order valence-corrected chi connectivity index (χ0v) is 20.4. The first-order valence-electron chi connectivity index (χ1n) is 9.41. The second-order valence-corrected chi connectivity index (χ2v) is 9.96. The third-order valence-corrected chi connectivity index (χ3v) is 6.63. The van der Waals surface area contributed by atoms with Crippen molar-refractivity contribution in [3.05, 3.63) is 63.3 Å². The molecule has 0 aliphatic heterocycles. The third-order valence-electron chi connectivity index (χ3n) is 4.67. The molecule has 4 rings (SSSR count). The van der Waals surface area contributed by atoms with Crippen molar-refractivity contribution in [3.8, 4) is 17.3 Å². The molecule has 0 fully saturated rings. The number of amides is 1. The molecule has 1 aromatic carbocycles. The van der Waals surface area contributed by atoms with E-state index in [9.17, 15) is 26.4 Å². The molecule has 0 aliphatic carbocycles. The lowest BCUT2D eigenvalue weighted by atomic mass is 10.1. The summed E-state index contributed by atoms with van der Waals surface area (Å²) in [7, 11) is -4.51. The summed E-state index contributed by atoms with van der Waals surface area (Å²) in [6.45, 7) is 1.22. The van der Waals surface area contributed by atoms with Gasteiger partial charge >= 0.3 is 6.18 Å². The van der Waals surface area contributed by atoms with E-state index in [0.29, 0.717) is 9.64 Å². The van der Waals surface area contributed by atoms with Crippen LogP contribution in [-0.2, 0) is 16.2 Å². The number of aryl methyl sites for hydroxylation is 1. The normalized spacial score (nSPS) is 12.0. The van der Waals surface area contributed by atoms with Crippen molar-refractivity contribution >= 4 is 44.2 Å². The molecule has 0 unspecified atom stereocenters. The fourth-order valence-corrected chi connectivity index (χ4v) is 4.64. The van der Waals surface area contributed by atoms with E-state index >= 15 is 0 Å². The lowest BCUT2D eigenvalue weighted by molar-refractivity contribution is -0.138. The highest BCUT2D eigenvalue weighted by Gasteiger charge is 2.34. The van der Waals surface area contributed by atoms with Gasteiger partial charge in [0.2, 0.25) is 5.82 Å². The van der Waals surface area contributed by atoms with Gasteiger partial charge in [0.15, 0.2) is 11.6 Å². The fourth-order valence-electron chi connectivity index (χ4n) is 3.11. The van der Waals surface area contributed by atoms with E-state index in [1.54, 1.807) is 0 Å². The van der Waals surface area contributed by atoms with E-state index in [2.05, 4.69) is 25.1 Å². The molecule has 3 aromatic heterocycles. The standard InChI is InChI=1S/C19H13F3IN7O4S/c1-9-2-3-11(7-12(9)19(20,21)22)35(32,33)29-13-6-10(23)8-25-15(13)17-26-27-18(16(24)31)30(17)14-4-5-34-28-14/h2-8,29H,1H3,(H2,24,31). The molecule has 3 N–H and O–H groups in total. The van der Waals surface area contributed by atoms with Gasteiger partial charge in [-0.1, -0.05) is 11.2 Å². The van der Waals surface area contributed by atoms with E-state index in [4.69, 9.17) is 10.3 Å². The number of rotatable bonds is 6. The van der Waals surface area contributed by atoms with Crippen LogP contribution in [0.4, 0.5) is 18.9 Å². The van der Waals surface area contributed by atoms with Crippen molar-refractivity contribution in [1.29, 1.82) is 0 Å². The van der Waals surface area contributed by atoms with Crippen molar-refractivity contribution in [2.75, 3.05) is 4.72 Å². The Hall–Kier alpha value is -3.54. The number of primary amides is 1. The average Bonchev–Trinajstić information content (AvgIpc) is 3.42. The van der Waals surface area contributed by atoms with Crippen LogP contribution in [0.25, 0.3) is 17.3 Å². The Morgan fingerprint density at radius 3 is 2.57 bits per heavy atom. The molecule has 3 heterocycles. The summed E-state index contributed by atoms with van der Waals surface area (Å²) in [6, 6.07) is 5.41. The van der Waals surface area contributed by atoms with Gasteiger partial charge in [-0.2, -0.15) is 13.2 Å². The number of sulfonamides is 1. The topological polar surface area (TPSA) is 159 Å². The minimum absolute atomic E-state index is 0.0568. The van der Waals surface area contributed by atoms with E-state index in [1.807, 2.05) is 22.6 Å². The monoisotopic (exact) mass is 619 g/mol. The summed E-state index contributed by atoms with van der Waals surface area (Å²) in [5.41, 5.74) is 3.91. The zero-order valence-electron chi connectivity index (χ0n) is 17.4. The van der Waals surface area contributed by atoms with Crippen LogP contribution in [0.15, 0.2) is 52.2 Å². The largest absolute Gasteiger partial charge is 0.416 e. The Bertz CT molecular complexity index is 1540. The molecule has 35 heavy (non-hydrogen) atoms. The lowest BCUT2D eigenvalue weighted by Gasteiger charge is -2.15. The van der Waals surface area contributed by atoms with Gasteiger partial charge in [0.1, 0.15) is 12.0 Å². The molecular weight excluding hydrogens is 606 g/mol. The van der Waals surface area contributed by atoms with Crippen LogP contribution in [0.5, 0.6) is 0 Å². The second kappa shape index (κ2) is 8.91. The van der Waals surface area contributed by atoms with E-state index in [0.717, 1.165) is 16.7 Å². The number of halogens is 4. The Morgan fingerprint density at radius 2 is 1.94 bits per heavy atom. The summed E-state index contributed by atoms with van der Waals surface area (Å²) in [6.07, 6.45) is -2.15. The molecule has 182 valence electrons. The van der Waals surface area contributed by atoms with Crippen LogP contribution in [0.1, 0.15) is 21.7 Å². The predicted octanol–water partition coefficient (Wildman–Crippen LogP) is 3.15. The van der Waals surface area contributed by atoms with Gasteiger partial charge in [0, 0.05) is 15.8 Å². The predicted molar refractivity (Wildman–Crippen MR) is 123 cm³/mol. The Morgan fingerprint density at radius 1 is 1.20 bits per heavy atom. The number of hydrogen-bond donors (Lipinski definition) is 2. The Labute approximate surface area is 208 Å². The second-order valence-electron chi connectivity index (χ2n) is 7.03. The van der Waals surface area contributed by atoms with Gasteiger partial charge in [-0.25, -0.2) is 18.0 Å².